The lowest BCUT2D eigenvalue weighted by molar-refractivity contribution is 0.229. The highest BCUT2D eigenvalue weighted by Gasteiger charge is 2.31. The van der Waals surface area contributed by atoms with Crippen LogP contribution in [0.3, 0.4) is 0 Å². The smallest absolute Gasteiger partial charge is 0.305 e. The Morgan fingerprint density at radius 2 is 1.76 bits per heavy atom. The molecule has 1 N–H and O–H groups in total. The number of hydrogen-bond donors (Lipinski definition) is 1. The minimum atomic E-state index is -3.51. The molecule has 0 aliphatic rings. The van der Waals surface area contributed by atoms with Crippen LogP contribution in [0, 0.1) is 11.6 Å². The van der Waals surface area contributed by atoms with E-state index in [-0.39, 0.29) is 0 Å². The Hall–Kier alpha value is -1.37. The Balaban J connectivity index is 2.31. The molecule has 5 heteroatoms. The second-order valence-electron chi connectivity index (χ2n) is 4.31. The van der Waals surface area contributed by atoms with Crippen molar-refractivity contribution in [3.05, 3.63) is 70.2 Å². The van der Waals surface area contributed by atoms with Crippen molar-refractivity contribution >= 4 is 23.3 Å². The summed E-state index contributed by atoms with van der Waals surface area (Å²) in [5.41, 5.74) is 3.82. The van der Waals surface area contributed by atoms with Gasteiger partial charge in [-0.3, -0.25) is 4.57 Å². The van der Waals surface area contributed by atoms with Gasteiger partial charge < -0.3 is 9.63 Å². The summed E-state index contributed by atoms with van der Waals surface area (Å²) in [6.45, 7) is 0. The largest absolute Gasteiger partial charge is 0.377 e. The quantitative estimate of drug-likeness (QED) is 0.649. The van der Waals surface area contributed by atoms with Crippen molar-refractivity contribution in [3.63, 3.8) is 0 Å². The average molecular weight is 365 g/mol. The Morgan fingerprint density at radius 3 is 2.33 bits per heavy atom. The first-order valence-corrected chi connectivity index (χ1v) is 8.71. The highest BCUT2D eigenvalue weighted by molar-refractivity contribution is 9.10. The molecule has 0 spiro atoms. The van der Waals surface area contributed by atoms with Gasteiger partial charge in [0.25, 0.3) is 0 Å². The first-order chi connectivity index (χ1) is 10.0. The number of halogens is 1. The van der Waals surface area contributed by atoms with Crippen molar-refractivity contribution in [2.24, 2.45) is 0 Å². The van der Waals surface area contributed by atoms with Crippen molar-refractivity contribution < 1.29 is 14.2 Å². The third-order valence-electron chi connectivity index (χ3n) is 2.89. The van der Waals surface area contributed by atoms with E-state index in [0.29, 0.717) is 5.56 Å². The van der Waals surface area contributed by atoms with Gasteiger partial charge in [-0.2, -0.15) is 0 Å². The lowest BCUT2D eigenvalue weighted by atomic mass is 10.2. The van der Waals surface area contributed by atoms with E-state index in [1.54, 1.807) is 36.4 Å². The third kappa shape index (κ3) is 4.06. The summed E-state index contributed by atoms with van der Waals surface area (Å²) in [4.78, 5) is 0. The van der Waals surface area contributed by atoms with Gasteiger partial charge in [-0.15, -0.1) is 0 Å². The van der Waals surface area contributed by atoms with Gasteiger partial charge in [0, 0.05) is 17.1 Å². The van der Waals surface area contributed by atoms with Crippen LogP contribution in [0.1, 0.15) is 17.0 Å². The van der Waals surface area contributed by atoms with Crippen LogP contribution in [0.15, 0.2) is 59.1 Å². The van der Waals surface area contributed by atoms with E-state index < -0.39 is 13.2 Å². The predicted octanol–water partition coefficient (Wildman–Crippen LogP) is 4.37. The zero-order valence-corrected chi connectivity index (χ0v) is 13.8. The summed E-state index contributed by atoms with van der Waals surface area (Å²) in [5.74, 6) is 1.52. The first-order valence-electron chi connectivity index (χ1n) is 6.22. The summed E-state index contributed by atoms with van der Waals surface area (Å²) < 4.78 is 18.6. The molecule has 2 rings (SSSR count). The van der Waals surface area contributed by atoms with Crippen LogP contribution in [0.2, 0.25) is 0 Å². The van der Waals surface area contributed by atoms with Crippen molar-refractivity contribution in [2.45, 2.75) is 5.85 Å². The zero-order chi connectivity index (χ0) is 15.3. The van der Waals surface area contributed by atoms with Gasteiger partial charge in [-0.05, 0) is 35.5 Å². The van der Waals surface area contributed by atoms with Crippen molar-refractivity contribution in [2.75, 3.05) is 7.11 Å². The molecule has 0 aliphatic carbocycles. The second-order valence-corrected chi connectivity index (χ2v) is 7.50. The summed E-state index contributed by atoms with van der Waals surface area (Å²) >= 11 is 3.31. The van der Waals surface area contributed by atoms with Crippen molar-refractivity contribution in [1.82, 2.24) is 0 Å². The number of aliphatic hydroxyl groups is 1. The van der Waals surface area contributed by atoms with Crippen LogP contribution in [0.25, 0.3) is 0 Å². The monoisotopic (exact) mass is 364 g/mol. The van der Waals surface area contributed by atoms with E-state index in [2.05, 4.69) is 27.5 Å². The molecule has 0 unspecified atom stereocenters. The maximum atomic E-state index is 12.7. The normalized spacial score (nSPS) is 14.6. The van der Waals surface area contributed by atoms with E-state index in [9.17, 15) is 9.67 Å². The van der Waals surface area contributed by atoms with E-state index >= 15 is 0 Å². The van der Waals surface area contributed by atoms with Crippen LogP contribution >= 0.6 is 23.3 Å². The van der Waals surface area contributed by atoms with Crippen LogP contribution in [0.5, 0.6) is 0 Å². The van der Waals surface area contributed by atoms with Crippen LogP contribution in [0.4, 0.5) is 0 Å². The van der Waals surface area contributed by atoms with E-state index in [1.165, 1.54) is 7.11 Å². The second kappa shape index (κ2) is 7.06. The van der Waals surface area contributed by atoms with Gasteiger partial charge in [0.2, 0.25) is 0 Å². The fourth-order valence-corrected chi connectivity index (χ4v) is 3.23. The van der Waals surface area contributed by atoms with Gasteiger partial charge >= 0.3 is 7.37 Å². The molecule has 0 radical (unpaired) electrons. The average Bonchev–Trinajstić information content (AvgIpc) is 2.53. The molecule has 0 bridgehead atoms. The van der Waals surface area contributed by atoms with Gasteiger partial charge in [0.05, 0.1) is 0 Å². The number of hydrogen-bond acceptors (Lipinski definition) is 3. The molecule has 2 aromatic rings. The van der Waals surface area contributed by atoms with Crippen molar-refractivity contribution in [3.8, 4) is 11.6 Å². The summed E-state index contributed by atoms with van der Waals surface area (Å²) in [6, 6.07) is 16.1. The van der Waals surface area contributed by atoms with Gasteiger partial charge in [0.1, 0.15) is 0 Å². The molecule has 0 saturated carbocycles. The Labute approximate surface area is 132 Å². The minimum absolute atomic E-state index is 0.505. The summed E-state index contributed by atoms with van der Waals surface area (Å²) in [7, 11) is -2.22. The molecule has 0 saturated heterocycles. The highest BCUT2D eigenvalue weighted by Crippen LogP contribution is 2.57. The topological polar surface area (TPSA) is 46.5 Å². The Morgan fingerprint density at radius 1 is 1.14 bits per heavy atom. The van der Waals surface area contributed by atoms with Crippen LogP contribution in [-0.4, -0.2) is 12.2 Å². The lowest BCUT2D eigenvalue weighted by Crippen LogP contribution is -1.99. The van der Waals surface area contributed by atoms with E-state index in [4.69, 9.17) is 4.52 Å². The standard InChI is InChI=1S/C16H14BrO3P/c1-20-21(19,12-11-13-5-3-2-4-6-13)16(18)14-7-9-15(17)10-8-14/h2-10,16,18H,1H3/t16-,21-/m1/s1. The minimum Gasteiger partial charge on any atom is -0.377 e. The fraction of sp³-hybridized carbons (Fsp3) is 0.125. The third-order valence-corrected chi connectivity index (χ3v) is 5.33. The Kier molecular flexibility index (Phi) is 5.39. The molecule has 21 heavy (non-hydrogen) atoms. The molecule has 0 aromatic heterocycles. The van der Waals surface area contributed by atoms with E-state index in [0.717, 1.165) is 10.0 Å². The van der Waals surface area contributed by atoms with Gasteiger partial charge in [-0.1, -0.05) is 52.2 Å². The molecule has 3 nitrogen and oxygen atoms in total. The van der Waals surface area contributed by atoms with Crippen LogP contribution < -0.4 is 0 Å². The highest BCUT2D eigenvalue weighted by atomic mass is 79.9. The molecule has 0 aliphatic heterocycles. The van der Waals surface area contributed by atoms with Gasteiger partial charge in [-0.25, -0.2) is 0 Å². The number of benzene rings is 2. The van der Waals surface area contributed by atoms with Crippen LogP contribution in [-0.2, 0) is 9.09 Å². The number of rotatable bonds is 3. The maximum absolute atomic E-state index is 12.7. The van der Waals surface area contributed by atoms with Crippen molar-refractivity contribution in [1.29, 1.82) is 0 Å². The maximum Gasteiger partial charge on any atom is 0.305 e. The first kappa shape index (κ1) is 16.0. The summed E-state index contributed by atoms with van der Waals surface area (Å²) in [6.07, 6.45) is 0. The molecule has 0 amide bonds. The molecule has 2 aromatic carbocycles. The fourth-order valence-electron chi connectivity index (χ4n) is 1.70. The summed E-state index contributed by atoms with van der Waals surface area (Å²) in [5, 5.41) is 10.3. The molecular formula is C16H14BrO3P. The molecule has 2 atom stereocenters. The Bertz CT molecular complexity index is 702. The molecule has 0 fully saturated rings. The van der Waals surface area contributed by atoms with Gasteiger partial charge in [0.15, 0.2) is 5.85 Å². The lowest BCUT2D eigenvalue weighted by Gasteiger charge is -2.17. The predicted molar refractivity (Wildman–Crippen MR) is 87.0 cm³/mol. The molecule has 108 valence electrons. The SMILES string of the molecule is CO[P@](=O)(C#Cc1ccccc1)[C@@H](O)c1ccc(Br)cc1. The molecule has 0 heterocycles. The molecular weight excluding hydrogens is 351 g/mol. The zero-order valence-electron chi connectivity index (χ0n) is 11.4. The number of aliphatic hydroxyl groups excluding tert-OH is 1. The van der Waals surface area contributed by atoms with E-state index in [1.807, 2.05) is 18.2 Å².